The Hall–Kier alpha value is -0.960. The lowest BCUT2D eigenvalue weighted by molar-refractivity contribution is -0.143. The van der Waals surface area contributed by atoms with Crippen molar-refractivity contribution in [2.75, 3.05) is 6.26 Å². The normalized spacial score (nSPS) is 17.4. The average Bonchev–Trinajstić information content (AvgIpc) is 2.99. The van der Waals surface area contributed by atoms with Crippen LogP contribution in [0, 0.1) is 5.41 Å². The summed E-state index contributed by atoms with van der Waals surface area (Å²) in [6.07, 6.45) is 4.36. The zero-order chi connectivity index (χ0) is 10.9. The molecule has 0 heterocycles. The molecule has 0 saturated heterocycles. The number of carboxylic acids is 1. The summed E-state index contributed by atoms with van der Waals surface area (Å²) in [6.45, 7) is 0. The molecule has 0 aromatic heterocycles. The molecular formula is C12H14O2S. The minimum absolute atomic E-state index is 0.447. The molecule has 0 spiro atoms. The van der Waals surface area contributed by atoms with Gasteiger partial charge in [0.05, 0.1) is 5.41 Å². The van der Waals surface area contributed by atoms with Crippen LogP contribution in [0.15, 0.2) is 29.2 Å². The molecule has 1 saturated carbocycles. The predicted molar refractivity (Wildman–Crippen MR) is 61.2 cm³/mol. The van der Waals surface area contributed by atoms with Gasteiger partial charge in [0, 0.05) is 4.90 Å². The zero-order valence-corrected chi connectivity index (χ0v) is 9.51. The fraction of sp³-hybridized carbons (Fsp3) is 0.417. The number of aliphatic carboxylic acids is 1. The molecule has 0 unspecified atom stereocenters. The lowest BCUT2D eigenvalue weighted by Crippen LogP contribution is -2.17. The quantitative estimate of drug-likeness (QED) is 0.796. The summed E-state index contributed by atoms with van der Waals surface area (Å²) in [4.78, 5) is 12.2. The maximum atomic E-state index is 11.0. The van der Waals surface area contributed by atoms with E-state index in [1.807, 2.05) is 18.4 Å². The Morgan fingerprint density at radius 1 is 1.53 bits per heavy atom. The molecule has 80 valence electrons. The molecule has 1 aromatic carbocycles. The molecule has 0 bridgehead atoms. The van der Waals surface area contributed by atoms with Gasteiger partial charge in [0.25, 0.3) is 0 Å². The van der Waals surface area contributed by atoms with Crippen molar-refractivity contribution < 1.29 is 9.90 Å². The fourth-order valence-corrected chi connectivity index (χ4v) is 2.27. The van der Waals surface area contributed by atoms with E-state index in [0.29, 0.717) is 6.42 Å². The van der Waals surface area contributed by atoms with Gasteiger partial charge in [0.15, 0.2) is 0 Å². The van der Waals surface area contributed by atoms with Crippen LogP contribution in [0.25, 0.3) is 0 Å². The summed E-state index contributed by atoms with van der Waals surface area (Å²) in [5.74, 6) is -0.642. The van der Waals surface area contributed by atoms with E-state index in [4.69, 9.17) is 5.11 Å². The first-order valence-corrected chi connectivity index (χ1v) is 6.25. The van der Waals surface area contributed by atoms with Gasteiger partial charge in [-0.15, -0.1) is 11.8 Å². The van der Waals surface area contributed by atoms with Crippen LogP contribution in [0.2, 0.25) is 0 Å². The predicted octanol–water partition coefficient (Wildman–Crippen LogP) is 2.82. The van der Waals surface area contributed by atoms with Gasteiger partial charge in [-0.3, -0.25) is 4.79 Å². The SMILES string of the molecule is CSc1cccc(CC2(C(=O)O)CC2)c1. The van der Waals surface area contributed by atoms with E-state index in [9.17, 15) is 4.79 Å². The lowest BCUT2D eigenvalue weighted by atomic mass is 9.97. The van der Waals surface area contributed by atoms with Crippen molar-refractivity contribution in [2.24, 2.45) is 5.41 Å². The summed E-state index contributed by atoms with van der Waals surface area (Å²) in [5.41, 5.74) is 0.693. The van der Waals surface area contributed by atoms with Crippen molar-refractivity contribution in [2.45, 2.75) is 24.2 Å². The second kappa shape index (κ2) is 3.89. The fourth-order valence-electron chi connectivity index (χ4n) is 1.79. The number of hydrogen-bond acceptors (Lipinski definition) is 2. The molecule has 15 heavy (non-hydrogen) atoms. The molecular weight excluding hydrogens is 208 g/mol. The van der Waals surface area contributed by atoms with Gasteiger partial charge in [-0.2, -0.15) is 0 Å². The molecule has 3 heteroatoms. The summed E-state index contributed by atoms with van der Waals surface area (Å²) in [5, 5.41) is 9.09. The maximum Gasteiger partial charge on any atom is 0.309 e. The van der Waals surface area contributed by atoms with Gasteiger partial charge in [-0.1, -0.05) is 12.1 Å². The zero-order valence-electron chi connectivity index (χ0n) is 8.69. The molecule has 1 aliphatic carbocycles. The van der Waals surface area contributed by atoms with Crippen LogP contribution in [0.3, 0.4) is 0 Å². The van der Waals surface area contributed by atoms with Gasteiger partial charge >= 0.3 is 5.97 Å². The van der Waals surface area contributed by atoms with Crippen LogP contribution in [-0.4, -0.2) is 17.3 Å². The number of thioether (sulfide) groups is 1. The Morgan fingerprint density at radius 2 is 2.27 bits per heavy atom. The summed E-state index contributed by atoms with van der Waals surface area (Å²) < 4.78 is 0. The van der Waals surface area contributed by atoms with Gasteiger partial charge in [0.2, 0.25) is 0 Å². The van der Waals surface area contributed by atoms with Crippen molar-refractivity contribution in [1.82, 2.24) is 0 Å². The second-order valence-electron chi connectivity index (χ2n) is 4.11. The molecule has 0 atom stereocenters. The Kier molecular flexibility index (Phi) is 2.74. The van der Waals surface area contributed by atoms with Crippen molar-refractivity contribution in [3.8, 4) is 0 Å². The molecule has 2 rings (SSSR count). The Labute approximate surface area is 93.7 Å². The first-order chi connectivity index (χ1) is 7.16. The minimum Gasteiger partial charge on any atom is -0.481 e. The molecule has 1 aliphatic rings. The molecule has 2 nitrogen and oxygen atoms in total. The van der Waals surface area contributed by atoms with Crippen molar-refractivity contribution in [3.63, 3.8) is 0 Å². The molecule has 1 N–H and O–H groups in total. The number of carboxylic acid groups (broad SMARTS) is 1. The molecule has 0 amide bonds. The van der Waals surface area contributed by atoms with Gasteiger partial charge in [0.1, 0.15) is 0 Å². The van der Waals surface area contributed by atoms with Crippen LogP contribution in [0.1, 0.15) is 18.4 Å². The van der Waals surface area contributed by atoms with Crippen LogP contribution >= 0.6 is 11.8 Å². The number of hydrogen-bond donors (Lipinski definition) is 1. The molecule has 1 fully saturated rings. The van der Waals surface area contributed by atoms with E-state index in [1.54, 1.807) is 11.8 Å². The summed E-state index contributed by atoms with van der Waals surface area (Å²) >= 11 is 1.69. The van der Waals surface area contributed by atoms with Gasteiger partial charge in [-0.25, -0.2) is 0 Å². The number of benzene rings is 1. The van der Waals surface area contributed by atoms with Crippen molar-refractivity contribution in [1.29, 1.82) is 0 Å². The van der Waals surface area contributed by atoms with Crippen molar-refractivity contribution >= 4 is 17.7 Å². The maximum absolute atomic E-state index is 11.0. The Morgan fingerprint density at radius 3 is 2.80 bits per heavy atom. The van der Waals surface area contributed by atoms with E-state index in [-0.39, 0.29) is 0 Å². The minimum atomic E-state index is -0.642. The largest absolute Gasteiger partial charge is 0.481 e. The third-order valence-corrected chi connectivity index (χ3v) is 3.71. The highest BCUT2D eigenvalue weighted by Crippen LogP contribution is 2.48. The van der Waals surface area contributed by atoms with Gasteiger partial charge < -0.3 is 5.11 Å². The second-order valence-corrected chi connectivity index (χ2v) is 4.99. The van der Waals surface area contributed by atoms with Crippen LogP contribution < -0.4 is 0 Å². The highest BCUT2D eigenvalue weighted by Gasteiger charge is 2.49. The highest BCUT2D eigenvalue weighted by molar-refractivity contribution is 7.98. The first kappa shape index (κ1) is 10.6. The summed E-state index contributed by atoms with van der Waals surface area (Å²) in [7, 11) is 0. The standard InChI is InChI=1S/C12H14O2S/c1-15-10-4-2-3-9(7-10)8-12(5-6-12)11(13)14/h2-4,7H,5-6,8H2,1H3,(H,13,14). The lowest BCUT2D eigenvalue weighted by Gasteiger charge is -2.10. The van der Waals surface area contributed by atoms with E-state index >= 15 is 0 Å². The van der Waals surface area contributed by atoms with E-state index < -0.39 is 11.4 Å². The summed E-state index contributed by atoms with van der Waals surface area (Å²) in [6, 6.07) is 8.16. The third-order valence-electron chi connectivity index (χ3n) is 2.98. The van der Waals surface area contributed by atoms with Crippen LogP contribution in [-0.2, 0) is 11.2 Å². The Balaban J connectivity index is 2.14. The molecule has 0 aliphatic heterocycles. The van der Waals surface area contributed by atoms with E-state index in [2.05, 4.69) is 12.1 Å². The van der Waals surface area contributed by atoms with Crippen LogP contribution in [0.5, 0.6) is 0 Å². The van der Waals surface area contributed by atoms with Gasteiger partial charge in [-0.05, 0) is 43.2 Å². The van der Waals surface area contributed by atoms with Crippen LogP contribution in [0.4, 0.5) is 0 Å². The smallest absolute Gasteiger partial charge is 0.309 e. The average molecular weight is 222 g/mol. The molecule has 1 aromatic rings. The van der Waals surface area contributed by atoms with Crippen molar-refractivity contribution in [3.05, 3.63) is 29.8 Å². The Bertz CT molecular complexity index is 383. The third kappa shape index (κ3) is 2.17. The monoisotopic (exact) mass is 222 g/mol. The van der Waals surface area contributed by atoms with E-state index in [0.717, 1.165) is 18.4 Å². The number of carbonyl (C=O) groups is 1. The highest BCUT2D eigenvalue weighted by atomic mass is 32.2. The topological polar surface area (TPSA) is 37.3 Å². The first-order valence-electron chi connectivity index (χ1n) is 5.03. The number of rotatable bonds is 4. The molecule has 0 radical (unpaired) electrons. The van der Waals surface area contributed by atoms with E-state index in [1.165, 1.54) is 4.90 Å².